The Morgan fingerprint density at radius 1 is 0.784 bits per heavy atom. The van der Waals surface area contributed by atoms with Gasteiger partial charge in [0.1, 0.15) is 30.2 Å². The number of amides is 1. The van der Waals surface area contributed by atoms with Gasteiger partial charge in [0, 0.05) is 25.3 Å². The van der Waals surface area contributed by atoms with Crippen LogP contribution in [0.3, 0.4) is 0 Å². The molecule has 5 unspecified atom stereocenters. The Kier molecular flexibility index (Phi) is 17.9. The maximum absolute atomic E-state index is 13.5. The van der Waals surface area contributed by atoms with Crippen LogP contribution in [0.1, 0.15) is 82.3 Å². The van der Waals surface area contributed by atoms with E-state index < -0.39 is 78.0 Å². The number of hydrogen-bond donors (Lipinski definition) is 6. The van der Waals surface area contributed by atoms with Gasteiger partial charge in [-0.3, -0.25) is 9.59 Å². The molecule has 286 valence electrons. The smallest absolute Gasteiger partial charge is 0.224 e. The Morgan fingerprint density at radius 3 is 1.96 bits per heavy atom. The van der Waals surface area contributed by atoms with Crippen molar-refractivity contribution in [1.82, 2.24) is 5.32 Å². The third kappa shape index (κ3) is 14.2. The molecule has 0 bridgehead atoms. The van der Waals surface area contributed by atoms with Gasteiger partial charge < -0.3 is 40.3 Å². The number of carbonyl (C=O) groups excluding carboxylic acids is 2. The summed E-state index contributed by atoms with van der Waals surface area (Å²) in [4.78, 5) is 25.2. The highest BCUT2D eigenvalue weighted by molar-refractivity contribution is 5.79. The number of carbonyl (C=O) groups is 2. The predicted molar refractivity (Wildman–Crippen MR) is 178 cm³/mol. The fraction of sp³-hybridized carbons (Fsp3) is 0.622. The Balaban J connectivity index is 1.37. The third-order valence-electron chi connectivity index (χ3n) is 9.11. The topological polar surface area (TPSA) is 166 Å². The van der Waals surface area contributed by atoms with Crippen LogP contribution in [0.15, 0.2) is 36.4 Å². The lowest BCUT2D eigenvalue weighted by Gasteiger charge is -2.41. The average molecular weight is 730 g/mol. The molecule has 51 heavy (non-hydrogen) atoms. The van der Waals surface area contributed by atoms with Crippen LogP contribution in [0.5, 0.6) is 0 Å². The molecule has 2 aromatic carbocycles. The zero-order valence-corrected chi connectivity index (χ0v) is 28.9. The minimum atomic E-state index is -1.73. The standard InChI is InChI=1S/C37H51F4NO9/c1-22(43)33(46)25(19-26(44)11-9-7-5-3-2-4-6-8-10-23-12-14-27(38)29(40)16-23)21-50-37-36(49)35(48)34(47)31(51-37)20-42-32(45)18-24-13-15-28(39)30(41)17-24/h12-17,22,25,31,33-37,43,46-49H,2-11,18-21H2,1H3,(H,42,45)/t22-,25+,31?,33-,34?,35?,36?,37?/m1/s1. The van der Waals surface area contributed by atoms with Crippen LogP contribution >= 0.6 is 0 Å². The van der Waals surface area contributed by atoms with Crippen molar-refractivity contribution in [2.75, 3.05) is 13.2 Å². The van der Waals surface area contributed by atoms with Crippen molar-refractivity contribution in [1.29, 1.82) is 0 Å². The maximum atomic E-state index is 13.5. The number of aryl methyl sites for hydroxylation is 1. The second-order valence-electron chi connectivity index (χ2n) is 13.4. The number of ketones is 1. The lowest BCUT2D eigenvalue weighted by molar-refractivity contribution is -0.299. The van der Waals surface area contributed by atoms with Crippen LogP contribution in [0, 0.1) is 29.2 Å². The third-order valence-corrected chi connectivity index (χ3v) is 9.11. The van der Waals surface area contributed by atoms with Crippen LogP contribution in [0.25, 0.3) is 0 Å². The number of hydrogen-bond acceptors (Lipinski definition) is 9. The Bertz CT molecular complexity index is 1380. The van der Waals surface area contributed by atoms with E-state index in [9.17, 15) is 52.7 Å². The molecule has 1 fully saturated rings. The Labute approximate surface area is 295 Å². The summed E-state index contributed by atoms with van der Waals surface area (Å²) in [6, 6.07) is 6.99. The summed E-state index contributed by atoms with van der Waals surface area (Å²) in [5, 5.41) is 54.4. The van der Waals surface area contributed by atoms with Gasteiger partial charge in [-0.15, -0.1) is 0 Å². The molecule has 3 rings (SSSR count). The van der Waals surface area contributed by atoms with Crippen molar-refractivity contribution in [3.8, 4) is 0 Å². The van der Waals surface area contributed by atoms with Crippen molar-refractivity contribution in [2.45, 2.75) is 127 Å². The van der Waals surface area contributed by atoms with E-state index in [-0.39, 0.29) is 43.8 Å². The van der Waals surface area contributed by atoms with Crippen LogP contribution < -0.4 is 5.32 Å². The Hall–Kier alpha value is -2.98. The van der Waals surface area contributed by atoms with E-state index >= 15 is 0 Å². The lowest BCUT2D eigenvalue weighted by atomic mass is 9.92. The summed E-state index contributed by atoms with van der Waals surface area (Å²) >= 11 is 0. The zero-order chi connectivity index (χ0) is 37.5. The number of benzene rings is 2. The molecule has 0 saturated carbocycles. The number of nitrogens with one attached hydrogen (secondary N) is 1. The summed E-state index contributed by atoms with van der Waals surface area (Å²) < 4.78 is 64.3. The molecule has 8 atom stereocenters. The van der Waals surface area contributed by atoms with Crippen LogP contribution in [-0.2, 0) is 31.9 Å². The predicted octanol–water partition coefficient (Wildman–Crippen LogP) is 3.80. The molecule has 0 aliphatic carbocycles. The molecule has 10 nitrogen and oxygen atoms in total. The van der Waals surface area contributed by atoms with Crippen molar-refractivity contribution in [3.63, 3.8) is 0 Å². The van der Waals surface area contributed by atoms with E-state index in [4.69, 9.17) is 9.47 Å². The van der Waals surface area contributed by atoms with Gasteiger partial charge in [0.15, 0.2) is 29.6 Å². The first-order valence-corrected chi connectivity index (χ1v) is 17.6. The number of unbranched alkanes of at least 4 members (excludes halogenated alkanes) is 7. The fourth-order valence-electron chi connectivity index (χ4n) is 6.03. The van der Waals surface area contributed by atoms with Crippen molar-refractivity contribution < 1.29 is 62.2 Å². The lowest BCUT2D eigenvalue weighted by Crippen LogP contribution is -2.61. The normalized spacial score (nSPS) is 22.4. The quantitative estimate of drug-likeness (QED) is 0.0782. The first-order chi connectivity index (χ1) is 24.3. The van der Waals surface area contributed by atoms with Crippen LogP contribution in [0.4, 0.5) is 17.6 Å². The van der Waals surface area contributed by atoms with Gasteiger partial charge in [-0.2, -0.15) is 0 Å². The SMILES string of the molecule is C[C@@H](O)[C@@H](O)[C@H](COC1OC(CNC(=O)Cc2ccc(F)c(F)c2)C(O)C(O)C1O)CC(=O)CCCCCCCCCCc1ccc(F)c(F)c1. The van der Waals surface area contributed by atoms with E-state index in [0.29, 0.717) is 12.8 Å². The highest BCUT2D eigenvalue weighted by atomic mass is 19.2. The van der Waals surface area contributed by atoms with Gasteiger partial charge in [0.25, 0.3) is 0 Å². The Morgan fingerprint density at radius 2 is 1.35 bits per heavy atom. The second kappa shape index (κ2) is 21.5. The first kappa shape index (κ1) is 42.4. The molecule has 1 saturated heterocycles. The number of Topliss-reactive ketones (excluding diaryl/α,β-unsaturated/α-hetero) is 1. The maximum Gasteiger partial charge on any atom is 0.224 e. The molecule has 0 radical (unpaired) electrons. The number of aliphatic hydroxyl groups excluding tert-OH is 5. The molecular weight excluding hydrogens is 678 g/mol. The molecule has 6 N–H and O–H groups in total. The van der Waals surface area contributed by atoms with E-state index in [0.717, 1.165) is 68.7 Å². The van der Waals surface area contributed by atoms with Gasteiger partial charge in [-0.05, 0) is 61.6 Å². The van der Waals surface area contributed by atoms with Gasteiger partial charge in [-0.1, -0.05) is 50.7 Å². The molecule has 0 spiro atoms. The average Bonchev–Trinajstić information content (AvgIpc) is 3.09. The molecule has 1 aliphatic heterocycles. The van der Waals surface area contributed by atoms with E-state index in [1.165, 1.54) is 19.1 Å². The summed E-state index contributed by atoms with van der Waals surface area (Å²) in [6.45, 7) is 0.689. The summed E-state index contributed by atoms with van der Waals surface area (Å²) in [5.74, 6) is -5.48. The van der Waals surface area contributed by atoms with Crippen LogP contribution in [0.2, 0.25) is 0 Å². The first-order valence-electron chi connectivity index (χ1n) is 17.6. The van der Waals surface area contributed by atoms with Gasteiger partial charge in [0.05, 0.1) is 25.2 Å². The van der Waals surface area contributed by atoms with Crippen molar-refractivity contribution >= 4 is 11.7 Å². The minimum Gasteiger partial charge on any atom is -0.391 e. The number of aliphatic hydroxyl groups is 5. The fourth-order valence-corrected chi connectivity index (χ4v) is 6.03. The molecule has 2 aromatic rings. The molecular formula is C37H51F4NO9. The second-order valence-corrected chi connectivity index (χ2v) is 13.4. The highest BCUT2D eigenvalue weighted by Gasteiger charge is 2.44. The molecule has 1 aliphatic rings. The van der Waals surface area contributed by atoms with E-state index in [1.54, 1.807) is 6.07 Å². The van der Waals surface area contributed by atoms with Crippen molar-refractivity contribution in [3.05, 3.63) is 70.8 Å². The zero-order valence-electron chi connectivity index (χ0n) is 28.9. The largest absolute Gasteiger partial charge is 0.391 e. The highest BCUT2D eigenvalue weighted by Crippen LogP contribution is 2.25. The number of rotatable bonds is 22. The summed E-state index contributed by atoms with van der Waals surface area (Å²) in [5.41, 5.74) is 0.981. The minimum absolute atomic E-state index is 0.124. The monoisotopic (exact) mass is 729 g/mol. The number of halogens is 4. The van der Waals surface area contributed by atoms with E-state index in [2.05, 4.69) is 5.32 Å². The van der Waals surface area contributed by atoms with E-state index in [1.807, 2.05) is 0 Å². The number of ether oxygens (including phenoxy) is 2. The molecule has 14 heteroatoms. The molecule has 1 heterocycles. The summed E-state index contributed by atoms with van der Waals surface area (Å²) in [6.07, 6.45) is -2.51. The summed E-state index contributed by atoms with van der Waals surface area (Å²) in [7, 11) is 0. The van der Waals surface area contributed by atoms with Gasteiger partial charge in [-0.25, -0.2) is 17.6 Å². The van der Waals surface area contributed by atoms with Gasteiger partial charge in [0.2, 0.25) is 5.91 Å². The van der Waals surface area contributed by atoms with Crippen LogP contribution in [-0.4, -0.2) is 93.3 Å². The molecule has 0 aromatic heterocycles. The van der Waals surface area contributed by atoms with Crippen molar-refractivity contribution in [2.24, 2.45) is 5.92 Å². The molecule has 1 amide bonds. The van der Waals surface area contributed by atoms with Gasteiger partial charge >= 0.3 is 0 Å².